The summed E-state index contributed by atoms with van der Waals surface area (Å²) in [5, 5.41) is 6.69. The Bertz CT molecular complexity index is 750. The van der Waals surface area contributed by atoms with Gasteiger partial charge in [0.15, 0.2) is 5.96 Å². The zero-order valence-electron chi connectivity index (χ0n) is 17.9. The van der Waals surface area contributed by atoms with Crippen LogP contribution in [0.5, 0.6) is 0 Å². The molecule has 1 fully saturated rings. The lowest BCUT2D eigenvalue weighted by molar-refractivity contribution is -0.157. The van der Waals surface area contributed by atoms with Gasteiger partial charge in [-0.3, -0.25) is 14.7 Å². The molecule has 1 aliphatic rings. The predicted octanol–water partition coefficient (Wildman–Crippen LogP) is 3.53. The van der Waals surface area contributed by atoms with E-state index in [4.69, 9.17) is 11.6 Å². The zero-order chi connectivity index (χ0) is 22.3. The van der Waals surface area contributed by atoms with Crippen molar-refractivity contribution in [1.29, 1.82) is 0 Å². The second-order valence-corrected chi connectivity index (χ2v) is 7.99. The molecule has 176 valence electrons. The van der Waals surface area contributed by atoms with Gasteiger partial charge in [-0.1, -0.05) is 23.7 Å². The average Bonchev–Trinajstić information content (AvgIpc) is 2.66. The lowest BCUT2D eigenvalue weighted by Gasteiger charge is -2.40. The molecule has 0 aliphatic carbocycles. The number of rotatable bonds is 6. The maximum absolute atomic E-state index is 12.4. The van der Waals surface area contributed by atoms with Crippen LogP contribution in [0, 0.1) is 5.92 Å². The van der Waals surface area contributed by atoms with Crippen LogP contribution < -0.4 is 10.6 Å². The number of carbonyl (C=O) groups is 1. The number of amides is 1. The van der Waals surface area contributed by atoms with Gasteiger partial charge in [-0.2, -0.15) is 13.2 Å². The third-order valence-corrected chi connectivity index (χ3v) is 5.44. The highest BCUT2D eigenvalue weighted by molar-refractivity contribution is 14.0. The molecule has 0 saturated carbocycles. The number of alkyl halides is 3. The van der Waals surface area contributed by atoms with Crippen LogP contribution in [0.3, 0.4) is 0 Å². The number of benzene rings is 1. The predicted molar refractivity (Wildman–Crippen MR) is 128 cm³/mol. The van der Waals surface area contributed by atoms with E-state index in [1.54, 1.807) is 7.05 Å². The largest absolute Gasteiger partial charge is 0.406 e. The van der Waals surface area contributed by atoms with Crippen LogP contribution in [0.15, 0.2) is 29.3 Å². The molecule has 2 atom stereocenters. The van der Waals surface area contributed by atoms with Gasteiger partial charge in [0, 0.05) is 31.7 Å². The third-order valence-electron chi connectivity index (χ3n) is 5.20. The second-order valence-electron chi connectivity index (χ2n) is 7.55. The van der Waals surface area contributed by atoms with Crippen molar-refractivity contribution >= 4 is 47.4 Å². The summed E-state index contributed by atoms with van der Waals surface area (Å²) in [6, 6.07) is 8.01. The minimum Gasteiger partial charge on any atom is -0.356 e. The zero-order valence-corrected chi connectivity index (χ0v) is 21.0. The number of likely N-dealkylation sites (tertiary alicyclic amines) is 1. The number of nitrogens with one attached hydrogen (secondary N) is 2. The lowest BCUT2D eigenvalue weighted by Crippen LogP contribution is -2.48. The Morgan fingerprint density at radius 1 is 1.35 bits per heavy atom. The molecule has 31 heavy (non-hydrogen) atoms. The molecule has 6 nitrogen and oxygen atoms in total. The van der Waals surface area contributed by atoms with E-state index in [2.05, 4.69) is 33.6 Å². The SMILES string of the molecule is CN=C(NCC(=O)N(C)CC(F)(F)F)NCC1CCCN(C)C1c1cccc(Cl)c1.I. The third kappa shape index (κ3) is 9.01. The second kappa shape index (κ2) is 12.7. The van der Waals surface area contributed by atoms with E-state index in [1.165, 1.54) is 0 Å². The molecule has 0 radical (unpaired) electrons. The standard InChI is InChI=1S/C20H29ClF3N5O.HI/c1-25-19(27-12-17(30)29(3)13-20(22,23)24)26-11-15-7-5-9-28(2)18(15)14-6-4-8-16(21)10-14;/h4,6,8,10,15,18H,5,7,9,11-13H2,1-3H3,(H2,25,26,27);1H. The fourth-order valence-electron chi connectivity index (χ4n) is 3.79. The lowest BCUT2D eigenvalue weighted by atomic mass is 9.85. The van der Waals surface area contributed by atoms with E-state index in [1.807, 2.05) is 18.2 Å². The smallest absolute Gasteiger partial charge is 0.356 e. The molecule has 0 bridgehead atoms. The molecule has 1 saturated heterocycles. The number of piperidine rings is 1. The molecule has 1 aromatic rings. The van der Waals surface area contributed by atoms with Crippen molar-refractivity contribution in [1.82, 2.24) is 20.4 Å². The summed E-state index contributed by atoms with van der Waals surface area (Å²) >= 11 is 6.18. The van der Waals surface area contributed by atoms with Crippen molar-refractivity contribution in [3.63, 3.8) is 0 Å². The van der Waals surface area contributed by atoms with Crippen LogP contribution in [0.25, 0.3) is 0 Å². The fraction of sp³-hybridized carbons (Fsp3) is 0.600. The first-order chi connectivity index (χ1) is 14.1. The number of nitrogens with zero attached hydrogens (tertiary/aromatic N) is 3. The number of halogens is 5. The quantitative estimate of drug-likeness (QED) is 0.310. The van der Waals surface area contributed by atoms with Crippen molar-refractivity contribution in [3.05, 3.63) is 34.9 Å². The van der Waals surface area contributed by atoms with E-state index >= 15 is 0 Å². The van der Waals surface area contributed by atoms with E-state index in [0.29, 0.717) is 22.4 Å². The molecular weight excluding hydrogens is 546 g/mol. The van der Waals surface area contributed by atoms with Gasteiger partial charge in [0.05, 0.1) is 6.54 Å². The van der Waals surface area contributed by atoms with Crippen LogP contribution >= 0.6 is 35.6 Å². The molecule has 1 heterocycles. The van der Waals surface area contributed by atoms with Crippen molar-refractivity contribution in [2.24, 2.45) is 10.9 Å². The van der Waals surface area contributed by atoms with Crippen molar-refractivity contribution in [2.45, 2.75) is 25.1 Å². The Morgan fingerprint density at radius 3 is 2.68 bits per heavy atom. The minimum absolute atomic E-state index is 0. The first-order valence-corrected chi connectivity index (χ1v) is 10.2. The van der Waals surface area contributed by atoms with Gasteiger partial charge < -0.3 is 15.5 Å². The molecule has 2 rings (SSSR count). The summed E-state index contributed by atoms with van der Waals surface area (Å²) in [5.41, 5.74) is 1.14. The summed E-state index contributed by atoms with van der Waals surface area (Å²) in [4.78, 5) is 18.9. The van der Waals surface area contributed by atoms with Crippen molar-refractivity contribution in [3.8, 4) is 0 Å². The van der Waals surface area contributed by atoms with E-state index < -0.39 is 18.6 Å². The molecular formula is C20H30ClF3IN5O. The highest BCUT2D eigenvalue weighted by Gasteiger charge is 2.32. The van der Waals surface area contributed by atoms with Gasteiger partial charge in [0.25, 0.3) is 0 Å². The van der Waals surface area contributed by atoms with Gasteiger partial charge in [0.1, 0.15) is 6.54 Å². The van der Waals surface area contributed by atoms with Gasteiger partial charge >= 0.3 is 6.18 Å². The van der Waals surface area contributed by atoms with E-state index in [9.17, 15) is 18.0 Å². The Labute approximate surface area is 203 Å². The molecule has 1 amide bonds. The Balaban J connectivity index is 0.00000480. The molecule has 1 aromatic carbocycles. The van der Waals surface area contributed by atoms with Crippen molar-refractivity contribution in [2.75, 3.05) is 47.3 Å². The summed E-state index contributed by atoms with van der Waals surface area (Å²) in [6.07, 6.45) is -2.35. The topological polar surface area (TPSA) is 60.0 Å². The van der Waals surface area contributed by atoms with Crippen LogP contribution in [-0.2, 0) is 4.79 Å². The van der Waals surface area contributed by atoms with Gasteiger partial charge in [-0.15, -0.1) is 24.0 Å². The summed E-state index contributed by atoms with van der Waals surface area (Å²) in [6.45, 7) is 0.0400. The molecule has 2 N–H and O–H groups in total. The first-order valence-electron chi connectivity index (χ1n) is 9.81. The number of hydrogen-bond acceptors (Lipinski definition) is 3. The van der Waals surface area contributed by atoms with Gasteiger partial charge in [0.2, 0.25) is 5.91 Å². The number of aliphatic imine (C=N–C) groups is 1. The molecule has 2 unspecified atom stereocenters. The number of guanidine groups is 1. The van der Waals surface area contributed by atoms with Crippen LogP contribution in [0.4, 0.5) is 13.2 Å². The summed E-state index contributed by atoms with van der Waals surface area (Å²) in [5.74, 6) is -0.00400. The first kappa shape index (κ1) is 27.8. The number of likely N-dealkylation sites (N-methyl/N-ethyl adjacent to an activating group) is 1. The number of hydrogen-bond donors (Lipinski definition) is 2. The molecule has 1 aliphatic heterocycles. The molecule has 0 spiro atoms. The summed E-state index contributed by atoms with van der Waals surface area (Å²) in [7, 11) is 4.77. The Morgan fingerprint density at radius 2 is 2.06 bits per heavy atom. The highest BCUT2D eigenvalue weighted by atomic mass is 127. The monoisotopic (exact) mass is 575 g/mol. The fourth-order valence-corrected chi connectivity index (χ4v) is 3.99. The number of carbonyl (C=O) groups excluding carboxylic acids is 1. The van der Waals surface area contributed by atoms with Crippen LogP contribution in [0.1, 0.15) is 24.4 Å². The summed E-state index contributed by atoms with van der Waals surface area (Å²) < 4.78 is 37.3. The van der Waals surface area contributed by atoms with Gasteiger partial charge in [-0.25, -0.2) is 0 Å². The molecule has 11 heteroatoms. The minimum atomic E-state index is -4.42. The van der Waals surface area contributed by atoms with Gasteiger partial charge in [-0.05, 0) is 50.0 Å². The highest BCUT2D eigenvalue weighted by Crippen LogP contribution is 2.35. The van der Waals surface area contributed by atoms with Crippen molar-refractivity contribution < 1.29 is 18.0 Å². The van der Waals surface area contributed by atoms with Crippen LogP contribution in [-0.4, -0.2) is 75.2 Å². The Hall–Kier alpha value is -1.27. The van der Waals surface area contributed by atoms with E-state index in [-0.39, 0.29) is 42.5 Å². The maximum Gasteiger partial charge on any atom is 0.406 e. The average molecular weight is 576 g/mol. The normalized spacial score (nSPS) is 20.0. The molecule has 0 aromatic heterocycles. The Kier molecular flexibility index (Phi) is 11.4. The van der Waals surface area contributed by atoms with E-state index in [0.717, 1.165) is 32.0 Å². The van der Waals surface area contributed by atoms with Crippen LogP contribution in [0.2, 0.25) is 5.02 Å². The maximum atomic E-state index is 12.4.